The number of fused-ring (bicyclic) bond motifs is 1. The number of carbonyl (C=O) groups is 1. The Kier molecular flexibility index (Phi) is 4.88. The molecule has 0 saturated carbocycles. The van der Waals surface area contributed by atoms with Crippen molar-refractivity contribution in [2.24, 2.45) is 0 Å². The number of benzene rings is 1. The lowest BCUT2D eigenvalue weighted by Gasteiger charge is -2.19. The molecule has 2 aromatic rings. The number of anilines is 1. The first kappa shape index (κ1) is 16.9. The van der Waals surface area contributed by atoms with Crippen molar-refractivity contribution in [2.45, 2.75) is 30.7 Å². The molecule has 0 fully saturated rings. The fourth-order valence-electron chi connectivity index (χ4n) is 2.54. The molecule has 9 heteroatoms. The van der Waals surface area contributed by atoms with Crippen molar-refractivity contribution in [1.29, 1.82) is 0 Å². The summed E-state index contributed by atoms with van der Waals surface area (Å²) < 4.78 is 29.1. The van der Waals surface area contributed by atoms with Crippen LogP contribution in [-0.2, 0) is 27.8 Å². The lowest BCUT2D eigenvalue weighted by atomic mass is 10.0. The van der Waals surface area contributed by atoms with Gasteiger partial charge in [-0.1, -0.05) is 11.6 Å². The second-order valence-corrected chi connectivity index (χ2v) is 7.68. The molecule has 1 aliphatic heterocycles. The molecule has 7 nitrogen and oxygen atoms in total. The molecular weight excluding hydrogens is 352 g/mol. The lowest BCUT2D eigenvalue weighted by Crippen LogP contribution is -2.26. The van der Waals surface area contributed by atoms with E-state index in [1.807, 2.05) is 12.3 Å². The van der Waals surface area contributed by atoms with Gasteiger partial charge < -0.3 is 5.32 Å². The minimum Gasteiger partial charge on any atom is -0.325 e. The highest BCUT2D eigenvalue weighted by Gasteiger charge is 2.22. The summed E-state index contributed by atoms with van der Waals surface area (Å²) in [6.07, 6.45) is 4.92. The number of rotatable bonds is 6. The largest absolute Gasteiger partial charge is 0.325 e. The first-order valence-corrected chi connectivity index (χ1v) is 9.41. The van der Waals surface area contributed by atoms with Gasteiger partial charge in [-0.2, -0.15) is 5.10 Å². The summed E-state index contributed by atoms with van der Waals surface area (Å²) >= 11 is 6.13. The summed E-state index contributed by atoms with van der Waals surface area (Å²) in [5.74, 6) is -0.114. The Labute approximate surface area is 145 Å². The predicted octanol–water partition coefficient (Wildman–Crippen LogP) is 1.79. The summed E-state index contributed by atoms with van der Waals surface area (Å²) in [4.78, 5) is 11.5. The standard InChI is InChI=1S/C15H17ClN4O3S/c16-13-10-12(9-11-3-4-14(21)19-15(11)13)24(22,23)18-6-2-8-20-7-1-5-17-20/h1,5,7,9-10,18H,2-4,6,8H2,(H,19,21). The van der Waals surface area contributed by atoms with Crippen LogP contribution in [0.3, 0.4) is 0 Å². The van der Waals surface area contributed by atoms with Crippen molar-refractivity contribution < 1.29 is 13.2 Å². The van der Waals surface area contributed by atoms with Crippen molar-refractivity contribution in [3.8, 4) is 0 Å². The SMILES string of the molecule is O=C1CCc2cc(S(=O)(=O)NCCCn3cccn3)cc(Cl)c2N1. The summed E-state index contributed by atoms with van der Waals surface area (Å²) in [6.45, 7) is 0.931. The number of nitrogens with one attached hydrogen (secondary N) is 2. The van der Waals surface area contributed by atoms with Crippen LogP contribution in [-0.4, -0.2) is 30.7 Å². The smallest absolute Gasteiger partial charge is 0.240 e. The van der Waals surface area contributed by atoms with Crippen LogP contribution < -0.4 is 10.0 Å². The molecule has 0 radical (unpaired) electrons. The van der Waals surface area contributed by atoms with Crippen LogP contribution in [0.1, 0.15) is 18.4 Å². The zero-order chi connectivity index (χ0) is 17.2. The number of hydrogen-bond acceptors (Lipinski definition) is 4. The predicted molar refractivity (Wildman–Crippen MR) is 90.4 cm³/mol. The van der Waals surface area contributed by atoms with Crippen molar-refractivity contribution >= 4 is 33.2 Å². The van der Waals surface area contributed by atoms with Gasteiger partial charge in [-0.3, -0.25) is 9.48 Å². The van der Waals surface area contributed by atoms with E-state index in [9.17, 15) is 13.2 Å². The summed E-state index contributed by atoms with van der Waals surface area (Å²) in [7, 11) is -3.65. The number of carbonyl (C=O) groups excluding carboxylic acids is 1. The van der Waals surface area contributed by atoms with Crippen LogP contribution >= 0.6 is 11.6 Å². The topological polar surface area (TPSA) is 93.1 Å². The van der Waals surface area contributed by atoms with Gasteiger partial charge in [0.1, 0.15) is 0 Å². The summed E-state index contributed by atoms with van der Waals surface area (Å²) in [5.41, 5.74) is 1.24. The van der Waals surface area contributed by atoms with Crippen molar-refractivity contribution in [2.75, 3.05) is 11.9 Å². The van der Waals surface area contributed by atoms with Crippen LogP contribution in [0.2, 0.25) is 5.02 Å². The Morgan fingerprint density at radius 2 is 2.17 bits per heavy atom. The zero-order valence-corrected chi connectivity index (χ0v) is 14.4. The average molecular weight is 369 g/mol. The lowest BCUT2D eigenvalue weighted by molar-refractivity contribution is -0.116. The van der Waals surface area contributed by atoms with Crippen LogP contribution in [0, 0.1) is 0 Å². The molecule has 2 N–H and O–H groups in total. The van der Waals surface area contributed by atoms with E-state index in [1.54, 1.807) is 16.9 Å². The maximum absolute atomic E-state index is 12.4. The molecule has 1 amide bonds. The van der Waals surface area contributed by atoms with Gasteiger partial charge in [-0.25, -0.2) is 13.1 Å². The molecule has 0 atom stereocenters. The van der Waals surface area contributed by atoms with Gasteiger partial charge in [0, 0.05) is 31.9 Å². The molecule has 1 aromatic carbocycles. The maximum atomic E-state index is 12.4. The third kappa shape index (κ3) is 3.77. The third-order valence-electron chi connectivity index (χ3n) is 3.76. The second kappa shape index (κ2) is 6.92. The number of sulfonamides is 1. The molecular formula is C15H17ClN4O3S. The number of halogens is 1. The Morgan fingerprint density at radius 3 is 2.92 bits per heavy atom. The molecule has 3 rings (SSSR count). The molecule has 2 heterocycles. The van der Waals surface area contributed by atoms with Gasteiger partial charge in [0.2, 0.25) is 15.9 Å². The van der Waals surface area contributed by atoms with E-state index in [0.717, 1.165) is 5.56 Å². The molecule has 0 aliphatic carbocycles. The molecule has 24 heavy (non-hydrogen) atoms. The Bertz CT molecular complexity index is 850. The van der Waals surface area contributed by atoms with E-state index >= 15 is 0 Å². The number of aryl methyl sites for hydroxylation is 2. The quantitative estimate of drug-likeness (QED) is 0.760. The molecule has 1 aromatic heterocycles. The normalized spacial score (nSPS) is 14.3. The zero-order valence-electron chi connectivity index (χ0n) is 12.8. The number of nitrogens with zero attached hydrogens (tertiary/aromatic N) is 2. The fourth-order valence-corrected chi connectivity index (χ4v) is 4.04. The van der Waals surface area contributed by atoms with Crippen LogP contribution in [0.4, 0.5) is 5.69 Å². The van der Waals surface area contributed by atoms with Gasteiger partial charge in [0.05, 0.1) is 15.6 Å². The summed E-state index contributed by atoms with van der Waals surface area (Å²) in [5, 5.41) is 6.97. The molecule has 0 unspecified atom stereocenters. The van der Waals surface area contributed by atoms with Gasteiger partial charge in [-0.15, -0.1) is 0 Å². The highest BCUT2D eigenvalue weighted by Crippen LogP contribution is 2.33. The first-order valence-electron chi connectivity index (χ1n) is 7.55. The van der Waals surface area contributed by atoms with Gasteiger partial charge in [0.25, 0.3) is 0 Å². The van der Waals surface area contributed by atoms with Crippen molar-refractivity contribution in [3.63, 3.8) is 0 Å². The van der Waals surface area contributed by atoms with E-state index in [0.29, 0.717) is 38.0 Å². The minimum absolute atomic E-state index is 0.112. The third-order valence-corrected chi connectivity index (χ3v) is 5.50. The number of hydrogen-bond donors (Lipinski definition) is 2. The molecule has 0 saturated heterocycles. The number of aromatic nitrogens is 2. The second-order valence-electron chi connectivity index (χ2n) is 5.51. The fraction of sp³-hybridized carbons (Fsp3) is 0.333. The van der Waals surface area contributed by atoms with E-state index in [2.05, 4.69) is 15.1 Å². The monoisotopic (exact) mass is 368 g/mol. The Hall–Kier alpha value is -1.90. The minimum atomic E-state index is -3.65. The van der Waals surface area contributed by atoms with Crippen LogP contribution in [0.15, 0.2) is 35.5 Å². The van der Waals surface area contributed by atoms with Gasteiger partial charge in [0.15, 0.2) is 0 Å². The van der Waals surface area contributed by atoms with Gasteiger partial charge >= 0.3 is 0 Å². The molecule has 1 aliphatic rings. The molecule has 0 spiro atoms. The van der Waals surface area contributed by atoms with E-state index in [4.69, 9.17) is 11.6 Å². The molecule has 0 bridgehead atoms. The Balaban J connectivity index is 1.68. The maximum Gasteiger partial charge on any atom is 0.240 e. The van der Waals surface area contributed by atoms with E-state index in [1.165, 1.54) is 6.07 Å². The van der Waals surface area contributed by atoms with Crippen LogP contribution in [0.25, 0.3) is 0 Å². The van der Waals surface area contributed by atoms with Crippen molar-refractivity contribution in [3.05, 3.63) is 41.2 Å². The highest BCUT2D eigenvalue weighted by atomic mass is 35.5. The van der Waals surface area contributed by atoms with Gasteiger partial charge in [-0.05, 0) is 36.6 Å². The van der Waals surface area contributed by atoms with Crippen molar-refractivity contribution in [1.82, 2.24) is 14.5 Å². The first-order chi connectivity index (χ1) is 11.5. The Morgan fingerprint density at radius 1 is 1.33 bits per heavy atom. The number of amides is 1. The molecule has 128 valence electrons. The average Bonchev–Trinajstić information content (AvgIpc) is 3.05. The van der Waals surface area contributed by atoms with Crippen LogP contribution in [0.5, 0.6) is 0 Å². The van der Waals surface area contributed by atoms with E-state index in [-0.39, 0.29) is 15.8 Å². The summed E-state index contributed by atoms with van der Waals surface area (Å²) in [6, 6.07) is 4.75. The van der Waals surface area contributed by atoms with E-state index < -0.39 is 10.0 Å². The highest BCUT2D eigenvalue weighted by molar-refractivity contribution is 7.89.